The summed E-state index contributed by atoms with van der Waals surface area (Å²) in [4.78, 5) is 24.3. The molecule has 3 N–H and O–H groups in total. The Morgan fingerprint density at radius 1 is 1.00 bits per heavy atom. The number of carbonyl (C=O) groups is 2. The van der Waals surface area contributed by atoms with Crippen LogP contribution in [0.5, 0.6) is 11.5 Å². The molecule has 0 atom stereocenters. The summed E-state index contributed by atoms with van der Waals surface area (Å²) in [6.45, 7) is 2.83. The Balaban J connectivity index is 1.74. The van der Waals surface area contributed by atoms with Crippen molar-refractivity contribution in [1.29, 1.82) is 0 Å². The van der Waals surface area contributed by atoms with Gasteiger partial charge in [-0.2, -0.15) is 0 Å². The topological polar surface area (TPSA) is 88.7 Å². The molecule has 0 fully saturated rings. The molecule has 0 radical (unpaired) electrons. The summed E-state index contributed by atoms with van der Waals surface area (Å²) in [5.74, 6) is 0.539. The first-order valence-electron chi connectivity index (χ1n) is 10.5. The zero-order valence-electron chi connectivity index (χ0n) is 18.4. The summed E-state index contributed by atoms with van der Waals surface area (Å²) in [6.07, 6.45) is 7.49. The fourth-order valence-electron chi connectivity index (χ4n) is 2.76. The molecule has 2 aromatic carbocycles. The van der Waals surface area contributed by atoms with Gasteiger partial charge in [-0.05, 0) is 55.0 Å². The van der Waals surface area contributed by atoms with Crippen LogP contribution in [-0.4, -0.2) is 30.6 Å². The molecule has 0 spiro atoms. The number of rotatable bonds is 10. The smallest absolute Gasteiger partial charge is 0.269 e. The highest BCUT2D eigenvalue weighted by Gasteiger charge is 2.07. The number of hydrogen-bond donors (Lipinski definition) is 3. The molecule has 2 rings (SSSR count). The number of nitrogens with one attached hydrogen (secondary N) is 3. The Labute approximate surface area is 194 Å². The van der Waals surface area contributed by atoms with Gasteiger partial charge in [-0.15, -0.1) is 0 Å². The molecule has 0 saturated heterocycles. The highest BCUT2D eigenvalue weighted by molar-refractivity contribution is 7.80. The number of carbonyl (C=O) groups excluding carboxylic acids is 2. The van der Waals surface area contributed by atoms with Crippen LogP contribution in [0.25, 0.3) is 6.08 Å². The van der Waals surface area contributed by atoms with E-state index in [1.165, 1.54) is 18.9 Å². The third-order valence-electron chi connectivity index (χ3n) is 4.46. The SMILES string of the molecule is CCCCCCOc1ccc(C(=O)NNC(=S)NC(=O)/C=C/c2ccccc2OC)cc1. The molecule has 0 unspecified atom stereocenters. The zero-order chi connectivity index (χ0) is 23.2. The minimum absolute atomic E-state index is 0.0277. The number of methoxy groups -OCH3 is 1. The molecule has 0 saturated carbocycles. The Hall–Kier alpha value is -3.39. The van der Waals surface area contributed by atoms with E-state index in [1.807, 2.05) is 18.2 Å². The quantitative estimate of drug-likeness (QED) is 0.217. The number of thiocarbonyl (C=S) groups is 1. The lowest BCUT2D eigenvalue weighted by Gasteiger charge is -2.10. The van der Waals surface area contributed by atoms with Crippen LogP contribution in [-0.2, 0) is 4.79 Å². The van der Waals surface area contributed by atoms with Crippen molar-refractivity contribution in [2.24, 2.45) is 0 Å². The van der Waals surface area contributed by atoms with Gasteiger partial charge in [-0.1, -0.05) is 44.4 Å². The maximum Gasteiger partial charge on any atom is 0.269 e. The van der Waals surface area contributed by atoms with Crippen LogP contribution in [0.2, 0.25) is 0 Å². The highest BCUT2D eigenvalue weighted by Crippen LogP contribution is 2.18. The monoisotopic (exact) mass is 455 g/mol. The van der Waals surface area contributed by atoms with E-state index in [0.29, 0.717) is 17.9 Å². The van der Waals surface area contributed by atoms with Crippen molar-refractivity contribution in [2.45, 2.75) is 32.6 Å². The lowest BCUT2D eigenvalue weighted by atomic mass is 10.2. The molecule has 0 aliphatic heterocycles. The lowest BCUT2D eigenvalue weighted by Crippen LogP contribution is -2.48. The second kappa shape index (κ2) is 13.8. The summed E-state index contributed by atoms with van der Waals surface area (Å²) in [7, 11) is 1.56. The van der Waals surface area contributed by atoms with Crippen molar-refractivity contribution >= 4 is 35.2 Å². The largest absolute Gasteiger partial charge is 0.496 e. The predicted octanol–water partition coefficient (Wildman–Crippen LogP) is 4.00. The Morgan fingerprint density at radius 2 is 1.75 bits per heavy atom. The van der Waals surface area contributed by atoms with Crippen molar-refractivity contribution in [3.8, 4) is 11.5 Å². The van der Waals surface area contributed by atoms with Gasteiger partial charge in [0.1, 0.15) is 11.5 Å². The molecule has 2 aromatic rings. The molecule has 0 heterocycles. The molecule has 2 amide bonds. The summed E-state index contributed by atoms with van der Waals surface area (Å²) in [5.41, 5.74) is 6.15. The van der Waals surface area contributed by atoms with Crippen molar-refractivity contribution in [3.63, 3.8) is 0 Å². The van der Waals surface area contributed by atoms with Gasteiger partial charge < -0.3 is 9.47 Å². The Morgan fingerprint density at radius 3 is 2.47 bits per heavy atom. The Bertz CT molecular complexity index is 929. The number of para-hydroxylation sites is 1. The maximum absolute atomic E-state index is 12.2. The van der Waals surface area contributed by atoms with Gasteiger partial charge in [0, 0.05) is 17.2 Å². The predicted molar refractivity (Wildman–Crippen MR) is 129 cm³/mol. The average Bonchev–Trinajstić information content (AvgIpc) is 2.81. The first-order chi connectivity index (χ1) is 15.5. The summed E-state index contributed by atoms with van der Waals surface area (Å²) in [5, 5.41) is 2.43. The molecule has 32 heavy (non-hydrogen) atoms. The molecule has 8 heteroatoms. The van der Waals surface area contributed by atoms with Gasteiger partial charge in [0.25, 0.3) is 5.91 Å². The van der Waals surface area contributed by atoms with Crippen LogP contribution in [0.15, 0.2) is 54.6 Å². The second-order valence-corrected chi connectivity index (χ2v) is 7.31. The zero-order valence-corrected chi connectivity index (χ0v) is 19.2. The second-order valence-electron chi connectivity index (χ2n) is 6.91. The van der Waals surface area contributed by atoms with Crippen LogP contribution in [0, 0.1) is 0 Å². The molecule has 170 valence electrons. The third-order valence-corrected chi connectivity index (χ3v) is 4.67. The van der Waals surface area contributed by atoms with Crippen LogP contribution in [0.4, 0.5) is 0 Å². The van der Waals surface area contributed by atoms with E-state index in [9.17, 15) is 9.59 Å². The van der Waals surface area contributed by atoms with Crippen molar-refractivity contribution in [2.75, 3.05) is 13.7 Å². The normalized spacial score (nSPS) is 10.4. The Kier molecular flexibility index (Phi) is 10.7. The van der Waals surface area contributed by atoms with E-state index in [4.69, 9.17) is 21.7 Å². The van der Waals surface area contributed by atoms with E-state index in [-0.39, 0.29) is 11.0 Å². The number of hydrazine groups is 1. The van der Waals surface area contributed by atoms with E-state index < -0.39 is 5.91 Å². The van der Waals surface area contributed by atoms with E-state index in [1.54, 1.807) is 43.5 Å². The van der Waals surface area contributed by atoms with Gasteiger partial charge in [-0.25, -0.2) is 0 Å². The maximum atomic E-state index is 12.2. The molecular weight excluding hydrogens is 426 g/mol. The first-order valence-corrected chi connectivity index (χ1v) is 10.9. The molecule has 0 aliphatic carbocycles. The van der Waals surface area contributed by atoms with Crippen molar-refractivity contribution in [1.82, 2.24) is 16.2 Å². The molecule has 7 nitrogen and oxygen atoms in total. The number of unbranched alkanes of at least 4 members (excludes halogenated alkanes) is 3. The molecular formula is C24H29N3O4S. The van der Waals surface area contributed by atoms with E-state index in [2.05, 4.69) is 23.1 Å². The van der Waals surface area contributed by atoms with Crippen LogP contribution in [0.1, 0.15) is 48.5 Å². The van der Waals surface area contributed by atoms with Gasteiger partial charge in [0.2, 0.25) is 5.91 Å². The van der Waals surface area contributed by atoms with Crippen LogP contribution < -0.4 is 25.6 Å². The highest BCUT2D eigenvalue weighted by atomic mass is 32.1. The number of hydrogen-bond acceptors (Lipinski definition) is 5. The number of amides is 2. The van der Waals surface area contributed by atoms with Gasteiger partial charge in [0.05, 0.1) is 13.7 Å². The molecule has 0 aliphatic rings. The van der Waals surface area contributed by atoms with Gasteiger partial charge in [-0.3, -0.25) is 25.8 Å². The van der Waals surface area contributed by atoms with Crippen molar-refractivity contribution < 1.29 is 19.1 Å². The van der Waals surface area contributed by atoms with E-state index in [0.717, 1.165) is 24.2 Å². The third kappa shape index (κ3) is 8.77. The number of ether oxygens (including phenoxy) is 2. The summed E-state index contributed by atoms with van der Waals surface area (Å²) in [6, 6.07) is 14.1. The van der Waals surface area contributed by atoms with Crippen molar-refractivity contribution in [3.05, 3.63) is 65.7 Å². The first kappa shape index (κ1) is 24.9. The van der Waals surface area contributed by atoms with Gasteiger partial charge in [0.15, 0.2) is 5.11 Å². The minimum atomic E-state index is -0.442. The molecule has 0 aromatic heterocycles. The average molecular weight is 456 g/mol. The number of benzene rings is 2. The fraction of sp³-hybridized carbons (Fsp3) is 0.292. The lowest BCUT2D eigenvalue weighted by molar-refractivity contribution is -0.115. The van der Waals surface area contributed by atoms with Gasteiger partial charge >= 0.3 is 0 Å². The van der Waals surface area contributed by atoms with Crippen LogP contribution >= 0.6 is 12.2 Å². The fourth-order valence-corrected chi connectivity index (χ4v) is 2.91. The van der Waals surface area contributed by atoms with E-state index >= 15 is 0 Å². The minimum Gasteiger partial charge on any atom is -0.496 e. The standard InChI is InChI=1S/C24H29N3O4S/c1-3-4-5-8-17-31-20-14-11-19(12-15-20)23(29)26-27-24(32)25-22(28)16-13-18-9-6-7-10-21(18)30-2/h6-7,9-16H,3-5,8,17H2,1-2H3,(H,26,29)(H2,25,27,28,32)/b16-13+. The van der Waals surface area contributed by atoms with Crippen LogP contribution in [0.3, 0.4) is 0 Å². The summed E-state index contributed by atoms with van der Waals surface area (Å²) < 4.78 is 10.9. The summed E-state index contributed by atoms with van der Waals surface area (Å²) >= 11 is 5.04. The molecule has 0 bridgehead atoms.